The normalized spacial score (nSPS) is 11.2. The molecule has 0 saturated heterocycles. The van der Waals surface area contributed by atoms with Crippen LogP contribution in [-0.4, -0.2) is 35.5 Å². The molecule has 2 amide bonds. The summed E-state index contributed by atoms with van der Waals surface area (Å²) in [7, 11) is 0. The van der Waals surface area contributed by atoms with Crippen LogP contribution in [0.3, 0.4) is 0 Å². The van der Waals surface area contributed by atoms with Crippen LogP contribution in [0.5, 0.6) is 0 Å². The molecule has 6 nitrogen and oxygen atoms in total. The van der Waals surface area contributed by atoms with Gasteiger partial charge in [0.05, 0.1) is 4.88 Å². The van der Waals surface area contributed by atoms with Gasteiger partial charge in [-0.1, -0.05) is 6.07 Å². The molecule has 21 heavy (non-hydrogen) atoms. The first-order valence-electron chi connectivity index (χ1n) is 6.32. The molecule has 0 aromatic carbocycles. The monoisotopic (exact) mass is 308 g/mol. The van der Waals surface area contributed by atoms with Gasteiger partial charge in [-0.15, -0.1) is 23.7 Å². The van der Waals surface area contributed by atoms with Crippen LogP contribution in [0.4, 0.5) is 0 Å². The Morgan fingerprint density at radius 2 is 2.19 bits per heavy atom. The van der Waals surface area contributed by atoms with Crippen LogP contribution in [0, 0.1) is 12.3 Å². The summed E-state index contributed by atoms with van der Waals surface area (Å²) < 4.78 is 0. The van der Waals surface area contributed by atoms with Gasteiger partial charge in [0, 0.05) is 19.4 Å². The van der Waals surface area contributed by atoms with Crippen molar-refractivity contribution in [2.45, 2.75) is 25.3 Å². The number of aliphatic carboxylic acids is 1. The lowest BCUT2D eigenvalue weighted by Crippen LogP contribution is -2.40. The Hall–Kier alpha value is -2.33. The lowest BCUT2D eigenvalue weighted by molar-refractivity contribution is -0.141. The molecule has 0 saturated carbocycles. The highest BCUT2D eigenvalue weighted by molar-refractivity contribution is 7.12. The van der Waals surface area contributed by atoms with Crippen LogP contribution in [0.25, 0.3) is 0 Å². The number of carbonyl (C=O) groups is 3. The van der Waals surface area contributed by atoms with Crippen LogP contribution in [0.15, 0.2) is 17.5 Å². The van der Waals surface area contributed by atoms with Gasteiger partial charge in [0.15, 0.2) is 0 Å². The molecule has 1 unspecified atom stereocenters. The fraction of sp³-hybridized carbons (Fsp3) is 0.357. The zero-order valence-corrected chi connectivity index (χ0v) is 12.1. The Labute approximate surface area is 126 Å². The number of carbonyl (C=O) groups excluding carboxylic acids is 2. The number of carboxylic acids is 1. The van der Waals surface area contributed by atoms with Crippen molar-refractivity contribution in [2.24, 2.45) is 0 Å². The van der Waals surface area contributed by atoms with Gasteiger partial charge < -0.3 is 15.7 Å². The predicted molar refractivity (Wildman–Crippen MR) is 78.9 cm³/mol. The number of carboxylic acid groups (broad SMARTS) is 1. The number of nitrogens with one attached hydrogen (secondary N) is 2. The van der Waals surface area contributed by atoms with Crippen molar-refractivity contribution < 1.29 is 19.5 Å². The first-order chi connectivity index (χ1) is 10.0. The summed E-state index contributed by atoms with van der Waals surface area (Å²) in [5.41, 5.74) is 0. The molecule has 3 N–H and O–H groups in total. The highest BCUT2D eigenvalue weighted by Crippen LogP contribution is 2.07. The van der Waals surface area contributed by atoms with E-state index in [1.807, 2.05) is 0 Å². The minimum Gasteiger partial charge on any atom is -0.480 e. The molecular weight excluding hydrogens is 292 g/mol. The van der Waals surface area contributed by atoms with Gasteiger partial charge in [0.25, 0.3) is 5.91 Å². The highest BCUT2D eigenvalue weighted by atomic mass is 32.1. The molecule has 1 aromatic heterocycles. The minimum atomic E-state index is -1.16. The number of rotatable bonds is 8. The Morgan fingerprint density at radius 3 is 2.76 bits per heavy atom. The number of thiophene rings is 1. The quantitative estimate of drug-likeness (QED) is 0.490. The van der Waals surface area contributed by atoms with E-state index in [2.05, 4.69) is 16.6 Å². The zero-order valence-electron chi connectivity index (χ0n) is 11.3. The van der Waals surface area contributed by atoms with E-state index in [9.17, 15) is 14.4 Å². The first-order valence-corrected chi connectivity index (χ1v) is 7.20. The average Bonchev–Trinajstić information content (AvgIpc) is 2.97. The summed E-state index contributed by atoms with van der Waals surface area (Å²) in [6.07, 6.45) is 5.52. The van der Waals surface area contributed by atoms with Crippen LogP contribution < -0.4 is 10.6 Å². The van der Waals surface area contributed by atoms with E-state index in [0.717, 1.165) is 0 Å². The molecule has 0 radical (unpaired) electrons. The number of hydrogen-bond acceptors (Lipinski definition) is 4. The van der Waals surface area contributed by atoms with Crippen molar-refractivity contribution in [1.29, 1.82) is 0 Å². The van der Waals surface area contributed by atoms with Crippen LogP contribution in [-0.2, 0) is 9.59 Å². The smallest absolute Gasteiger partial charge is 0.327 e. The molecule has 1 atom stereocenters. The lowest BCUT2D eigenvalue weighted by Gasteiger charge is -2.11. The van der Waals surface area contributed by atoms with Crippen LogP contribution in [0.2, 0.25) is 0 Å². The Bertz CT molecular complexity index is 534. The average molecular weight is 308 g/mol. The number of terminal acetylenes is 1. The third kappa shape index (κ3) is 6.10. The summed E-state index contributed by atoms with van der Waals surface area (Å²) in [6, 6.07) is 2.43. The predicted octanol–water partition coefficient (Wildman–Crippen LogP) is 0.851. The van der Waals surface area contributed by atoms with Crippen molar-refractivity contribution >= 4 is 29.1 Å². The third-order valence-corrected chi connectivity index (χ3v) is 3.44. The maximum absolute atomic E-state index is 11.6. The fourth-order valence-corrected chi connectivity index (χ4v) is 2.17. The van der Waals surface area contributed by atoms with Gasteiger partial charge in [-0.25, -0.2) is 4.79 Å². The van der Waals surface area contributed by atoms with Gasteiger partial charge in [-0.2, -0.15) is 0 Å². The second kappa shape index (κ2) is 8.76. The van der Waals surface area contributed by atoms with E-state index in [1.54, 1.807) is 17.5 Å². The summed E-state index contributed by atoms with van der Waals surface area (Å²) in [4.78, 5) is 34.6. The van der Waals surface area contributed by atoms with Crippen molar-refractivity contribution in [3.8, 4) is 12.3 Å². The number of hydrogen-bond donors (Lipinski definition) is 3. The molecule has 0 aliphatic heterocycles. The topological polar surface area (TPSA) is 95.5 Å². The van der Waals surface area contributed by atoms with E-state index in [0.29, 0.717) is 17.8 Å². The Morgan fingerprint density at radius 1 is 1.43 bits per heavy atom. The van der Waals surface area contributed by atoms with Gasteiger partial charge in [-0.3, -0.25) is 9.59 Å². The van der Waals surface area contributed by atoms with Gasteiger partial charge in [-0.05, 0) is 17.9 Å². The second-order valence-corrected chi connectivity index (χ2v) is 5.15. The van der Waals surface area contributed by atoms with E-state index in [4.69, 9.17) is 11.5 Å². The molecule has 1 aromatic rings. The molecule has 7 heteroatoms. The molecule has 112 valence electrons. The minimum absolute atomic E-state index is 0.0593. The van der Waals surface area contributed by atoms with Crippen molar-refractivity contribution in [3.63, 3.8) is 0 Å². The SMILES string of the molecule is C#CCC(NC(=O)CCCNC(=O)c1cccs1)C(=O)O. The van der Waals surface area contributed by atoms with Crippen molar-refractivity contribution in [2.75, 3.05) is 6.54 Å². The molecular formula is C14H16N2O4S. The fourth-order valence-electron chi connectivity index (χ4n) is 1.53. The third-order valence-electron chi connectivity index (χ3n) is 2.57. The van der Waals surface area contributed by atoms with E-state index >= 15 is 0 Å². The van der Waals surface area contributed by atoms with Gasteiger partial charge >= 0.3 is 5.97 Å². The second-order valence-electron chi connectivity index (χ2n) is 4.20. The molecule has 0 aliphatic rings. The maximum atomic E-state index is 11.6. The van der Waals surface area contributed by atoms with E-state index in [1.165, 1.54) is 11.3 Å². The Kier molecular flexibility index (Phi) is 6.98. The van der Waals surface area contributed by atoms with E-state index in [-0.39, 0.29) is 18.7 Å². The zero-order chi connectivity index (χ0) is 15.7. The molecule has 0 spiro atoms. The lowest BCUT2D eigenvalue weighted by atomic mass is 10.2. The largest absolute Gasteiger partial charge is 0.480 e. The maximum Gasteiger partial charge on any atom is 0.327 e. The summed E-state index contributed by atoms with van der Waals surface area (Å²) in [6.45, 7) is 0.344. The standard InChI is InChI=1S/C14H16N2O4S/c1-2-5-10(14(19)20)16-12(17)7-3-8-15-13(18)11-6-4-9-21-11/h1,4,6,9-10H,3,5,7-8H2,(H,15,18)(H,16,17)(H,19,20). The summed E-state index contributed by atoms with van der Waals surface area (Å²) in [5, 5.41) is 15.7. The van der Waals surface area contributed by atoms with Crippen molar-refractivity contribution in [3.05, 3.63) is 22.4 Å². The van der Waals surface area contributed by atoms with Crippen molar-refractivity contribution in [1.82, 2.24) is 10.6 Å². The van der Waals surface area contributed by atoms with E-state index < -0.39 is 17.9 Å². The number of amides is 2. The molecule has 1 heterocycles. The highest BCUT2D eigenvalue weighted by Gasteiger charge is 2.18. The van der Waals surface area contributed by atoms with Crippen LogP contribution >= 0.6 is 11.3 Å². The molecule has 0 bridgehead atoms. The molecule has 0 aliphatic carbocycles. The van der Waals surface area contributed by atoms with Gasteiger partial charge in [0.1, 0.15) is 6.04 Å². The summed E-state index contributed by atoms with van der Waals surface area (Å²) in [5.74, 6) is 0.462. The molecule has 0 fully saturated rings. The van der Waals surface area contributed by atoms with Gasteiger partial charge in [0.2, 0.25) is 5.91 Å². The van der Waals surface area contributed by atoms with Crippen LogP contribution in [0.1, 0.15) is 28.9 Å². The summed E-state index contributed by atoms with van der Waals surface area (Å²) >= 11 is 1.34. The molecule has 1 rings (SSSR count). The Balaban J connectivity index is 2.23. The first kappa shape index (κ1) is 16.7.